The first-order valence-electron chi connectivity index (χ1n) is 6.60. The average molecular weight is 325 g/mol. The van der Waals surface area contributed by atoms with Gasteiger partial charge < -0.3 is 4.57 Å². The Kier molecular flexibility index (Phi) is 4.32. The van der Waals surface area contributed by atoms with Crippen molar-refractivity contribution in [3.05, 3.63) is 61.1 Å². The van der Waals surface area contributed by atoms with Crippen LogP contribution in [-0.2, 0) is 7.05 Å². The Morgan fingerprint density at radius 3 is 2.50 bits per heavy atom. The fourth-order valence-electron chi connectivity index (χ4n) is 2.07. The van der Waals surface area contributed by atoms with Crippen LogP contribution in [0, 0.1) is 12.7 Å². The molecule has 2 rings (SSSR count). The van der Waals surface area contributed by atoms with Crippen LogP contribution in [0.3, 0.4) is 0 Å². The second kappa shape index (κ2) is 5.88. The summed E-state index contributed by atoms with van der Waals surface area (Å²) in [6, 6.07) is 3.30. The average Bonchev–Trinajstić information content (AvgIpc) is 2.46. The number of hydrogen-bond donors (Lipinski definition) is 0. The molecule has 7 heteroatoms. The summed E-state index contributed by atoms with van der Waals surface area (Å²) in [5.41, 5.74) is -1.12. The first-order chi connectivity index (χ1) is 10.3. The van der Waals surface area contributed by atoms with E-state index in [1.807, 2.05) is 0 Å². The van der Waals surface area contributed by atoms with E-state index >= 15 is 0 Å². The van der Waals surface area contributed by atoms with E-state index in [9.17, 15) is 18.8 Å². The molecule has 116 valence electrons. The van der Waals surface area contributed by atoms with Crippen LogP contribution >= 0.6 is 11.6 Å². The van der Waals surface area contributed by atoms with Gasteiger partial charge in [-0.25, -0.2) is 13.8 Å². The van der Waals surface area contributed by atoms with Gasteiger partial charge in [-0.2, -0.15) is 0 Å². The highest BCUT2D eigenvalue weighted by Crippen LogP contribution is 2.23. The highest BCUT2D eigenvalue weighted by atomic mass is 35.5. The van der Waals surface area contributed by atoms with Gasteiger partial charge in [0.1, 0.15) is 5.82 Å². The molecule has 1 aromatic carbocycles. The lowest BCUT2D eigenvalue weighted by atomic mass is 10.1. The van der Waals surface area contributed by atoms with Gasteiger partial charge in [0.25, 0.3) is 5.56 Å². The number of aryl methyl sites for hydroxylation is 1. The van der Waals surface area contributed by atoms with Crippen LogP contribution in [0.5, 0.6) is 0 Å². The first-order valence-corrected chi connectivity index (χ1v) is 6.98. The third-order valence-corrected chi connectivity index (χ3v) is 3.77. The van der Waals surface area contributed by atoms with Crippen molar-refractivity contribution in [2.45, 2.75) is 20.3 Å². The van der Waals surface area contributed by atoms with E-state index in [4.69, 9.17) is 11.6 Å². The summed E-state index contributed by atoms with van der Waals surface area (Å²) in [6.07, 6.45) is 0.172. The van der Waals surface area contributed by atoms with E-state index in [0.717, 1.165) is 12.1 Å². The molecule has 22 heavy (non-hydrogen) atoms. The summed E-state index contributed by atoms with van der Waals surface area (Å²) in [5, 5.41) is -0.0508. The molecule has 0 N–H and O–H groups in total. The van der Waals surface area contributed by atoms with Gasteiger partial charge in [-0.1, -0.05) is 18.5 Å². The van der Waals surface area contributed by atoms with Crippen LogP contribution in [0.25, 0.3) is 5.69 Å². The van der Waals surface area contributed by atoms with Crippen molar-refractivity contribution < 1.29 is 9.18 Å². The van der Waals surface area contributed by atoms with Gasteiger partial charge in [-0.05, 0) is 19.1 Å². The van der Waals surface area contributed by atoms with Crippen molar-refractivity contribution >= 4 is 17.4 Å². The zero-order chi connectivity index (χ0) is 16.6. The predicted octanol–water partition coefficient (Wildman–Crippen LogP) is 2.23. The molecule has 0 unspecified atom stereocenters. The van der Waals surface area contributed by atoms with E-state index < -0.39 is 17.1 Å². The van der Waals surface area contributed by atoms with E-state index in [0.29, 0.717) is 10.3 Å². The minimum atomic E-state index is -0.847. The molecule has 0 saturated heterocycles. The molecule has 0 atom stereocenters. The summed E-state index contributed by atoms with van der Waals surface area (Å²) < 4.78 is 16.1. The summed E-state index contributed by atoms with van der Waals surface area (Å²) in [7, 11) is 1.47. The molecule has 0 bridgehead atoms. The Bertz CT molecular complexity index is 884. The van der Waals surface area contributed by atoms with E-state index in [2.05, 4.69) is 0 Å². The number of carbonyl (C=O) groups excluding carboxylic acids is 1. The summed E-state index contributed by atoms with van der Waals surface area (Å²) in [4.78, 5) is 36.1. The second-order valence-electron chi connectivity index (χ2n) is 4.86. The van der Waals surface area contributed by atoms with Crippen LogP contribution in [-0.4, -0.2) is 14.9 Å². The third-order valence-electron chi connectivity index (χ3n) is 3.46. The van der Waals surface area contributed by atoms with Crippen molar-refractivity contribution in [1.29, 1.82) is 0 Å². The molecule has 0 aliphatic rings. The molecule has 0 saturated carbocycles. The summed E-state index contributed by atoms with van der Waals surface area (Å²) in [5.74, 6) is -1.15. The smallest absolute Gasteiger partial charge is 0.301 e. The molecule has 1 aromatic heterocycles. The fourth-order valence-corrected chi connectivity index (χ4v) is 2.33. The Balaban J connectivity index is 2.85. The standard InChI is InChI=1S/C15H14ClFN2O3/c1-4-13(20)9-6-12(11(17)7-10(9)16)19-14(21)5-8(2)18(3)15(19)22/h5-7H,4H2,1-3H3. The Labute approximate surface area is 130 Å². The SMILES string of the molecule is CCC(=O)c1cc(-n2c(=O)cc(C)n(C)c2=O)c(F)cc1Cl. The number of ketones is 1. The highest BCUT2D eigenvalue weighted by molar-refractivity contribution is 6.34. The van der Waals surface area contributed by atoms with Crippen molar-refractivity contribution in [1.82, 2.24) is 9.13 Å². The van der Waals surface area contributed by atoms with Gasteiger partial charge in [0, 0.05) is 30.8 Å². The lowest BCUT2D eigenvalue weighted by Crippen LogP contribution is -2.38. The van der Waals surface area contributed by atoms with Crippen molar-refractivity contribution in [2.24, 2.45) is 7.05 Å². The Hall–Kier alpha value is -2.21. The van der Waals surface area contributed by atoms with Crippen LogP contribution in [0.15, 0.2) is 27.8 Å². The number of halogens is 2. The van der Waals surface area contributed by atoms with Gasteiger partial charge in [-0.15, -0.1) is 0 Å². The minimum absolute atomic E-state index is 0.0508. The molecular weight excluding hydrogens is 311 g/mol. The number of hydrogen-bond acceptors (Lipinski definition) is 3. The highest BCUT2D eigenvalue weighted by Gasteiger charge is 2.18. The quantitative estimate of drug-likeness (QED) is 0.813. The molecule has 5 nitrogen and oxygen atoms in total. The van der Waals surface area contributed by atoms with Crippen molar-refractivity contribution in [3.63, 3.8) is 0 Å². The number of aromatic nitrogens is 2. The van der Waals surface area contributed by atoms with E-state index in [1.165, 1.54) is 17.7 Å². The van der Waals surface area contributed by atoms with Gasteiger partial charge >= 0.3 is 5.69 Å². The van der Waals surface area contributed by atoms with Crippen molar-refractivity contribution in [3.8, 4) is 5.69 Å². The number of carbonyl (C=O) groups is 1. The first kappa shape index (κ1) is 16.2. The molecule has 0 aliphatic heterocycles. The molecule has 1 heterocycles. The topological polar surface area (TPSA) is 61.1 Å². The number of rotatable bonds is 3. The lowest BCUT2D eigenvalue weighted by Gasteiger charge is -2.12. The van der Waals surface area contributed by atoms with Crippen molar-refractivity contribution in [2.75, 3.05) is 0 Å². The predicted molar refractivity (Wildman–Crippen MR) is 81.6 cm³/mol. The van der Waals surface area contributed by atoms with Gasteiger partial charge in [-0.3, -0.25) is 9.59 Å². The Morgan fingerprint density at radius 2 is 1.91 bits per heavy atom. The molecule has 0 fully saturated rings. The summed E-state index contributed by atoms with van der Waals surface area (Å²) in [6.45, 7) is 3.23. The third kappa shape index (κ3) is 2.62. The zero-order valence-electron chi connectivity index (χ0n) is 12.3. The zero-order valence-corrected chi connectivity index (χ0v) is 13.1. The maximum absolute atomic E-state index is 14.2. The van der Waals surface area contributed by atoms with E-state index in [1.54, 1.807) is 13.8 Å². The van der Waals surface area contributed by atoms with Crippen LogP contribution < -0.4 is 11.2 Å². The largest absolute Gasteiger partial charge is 0.335 e. The molecule has 0 aliphatic carbocycles. The molecule has 0 amide bonds. The number of Topliss-reactive ketones (excluding diaryl/α,β-unsaturated/α-hetero) is 1. The Morgan fingerprint density at radius 1 is 1.27 bits per heavy atom. The molecule has 2 aromatic rings. The van der Waals surface area contributed by atoms with Crippen LogP contribution in [0.2, 0.25) is 5.02 Å². The van der Waals surface area contributed by atoms with Gasteiger partial charge in [0.15, 0.2) is 5.78 Å². The number of benzene rings is 1. The monoisotopic (exact) mass is 324 g/mol. The number of nitrogens with zero attached hydrogens (tertiary/aromatic N) is 2. The normalized spacial score (nSPS) is 10.8. The van der Waals surface area contributed by atoms with Crippen LogP contribution in [0.4, 0.5) is 4.39 Å². The van der Waals surface area contributed by atoms with E-state index in [-0.39, 0.29) is 28.5 Å². The maximum atomic E-state index is 14.2. The van der Waals surface area contributed by atoms with Crippen LogP contribution in [0.1, 0.15) is 29.4 Å². The molecule has 0 spiro atoms. The lowest BCUT2D eigenvalue weighted by molar-refractivity contribution is 0.0988. The summed E-state index contributed by atoms with van der Waals surface area (Å²) >= 11 is 5.87. The fraction of sp³-hybridized carbons (Fsp3) is 0.267. The maximum Gasteiger partial charge on any atom is 0.335 e. The minimum Gasteiger partial charge on any atom is -0.301 e. The van der Waals surface area contributed by atoms with Gasteiger partial charge in [0.05, 0.1) is 10.7 Å². The second-order valence-corrected chi connectivity index (χ2v) is 5.27. The van der Waals surface area contributed by atoms with Gasteiger partial charge in [0.2, 0.25) is 0 Å². The molecular formula is C15H14ClFN2O3. The molecule has 0 radical (unpaired) electrons.